The van der Waals surface area contributed by atoms with Crippen LogP contribution >= 0.6 is 15.9 Å². The summed E-state index contributed by atoms with van der Waals surface area (Å²) < 4.78 is 0.814. The molecule has 1 heterocycles. The molecular formula is C10H16BrN3. The third-order valence-electron chi connectivity index (χ3n) is 2.21. The van der Waals surface area contributed by atoms with E-state index in [2.05, 4.69) is 52.0 Å². The van der Waals surface area contributed by atoms with Crippen molar-refractivity contribution in [2.75, 3.05) is 5.32 Å². The molecule has 1 rings (SSSR count). The lowest BCUT2D eigenvalue weighted by Crippen LogP contribution is -2.25. The Balaban J connectivity index is 2.67. The SMILES string of the molecule is CCC(Nc1cc(Br)ncn1)C(C)C. The number of rotatable bonds is 4. The first-order valence-electron chi connectivity index (χ1n) is 4.87. The quantitative estimate of drug-likeness (QED) is 0.843. The van der Waals surface area contributed by atoms with Crippen molar-refractivity contribution in [3.05, 3.63) is 17.0 Å². The number of aromatic nitrogens is 2. The molecule has 1 unspecified atom stereocenters. The monoisotopic (exact) mass is 257 g/mol. The summed E-state index contributed by atoms with van der Waals surface area (Å²) in [5.41, 5.74) is 0. The van der Waals surface area contributed by atoms with Crippen molar-refractivity contribution in [1.82, 2.24) is 9.97 Å². The average Bonchev–Trinajstić information content (AvgIpc) is 2.14. The van der Waals surface area contributed by atoms with Gasteiger partial charge in [-0.2, -0.15) is 0 Å². The van der Waals surface area contributed by atoms with Crippen LogP contribution < -0.4 is 5.32 Å². The van der Waals surface area contributed by atoms with E-state index < -0.39 is 0 Å². The molecule has 0 saturated heterocycles. The summed E-state index contributed by atoms with van der Waals surface area (Å²) in [7, 11) is 0. The Kier molecular flexibility index (Phi) is 4.32. The summed E-state index contributed by atoms with van der Waals surface area (Å²) in [5.74, 6) is 1.49. The van der Waals surface area contributed by atoms with E-state index in [-0.39, 0.29) is 0 Å². The van der Waals surface area contributed by atoms with Crippen molar-refractivity contribution in [2.24, 2.45) is 5.92 Å². The van der Waals surface area contributed by atoms with Crippen molar-refractivity contribution < 1.29 is 0 Å². The first-order valence-corrected chi connectivity index (χ1v) is 5.67. The van der Waals surface area contributed by atoms with Gasteiger partial charge in [0, 0.05) is 12.1 Å². The number of hydrogen-bond acceptors (Lipinski definition) is 3. The van der Waals surface area contributed by atoms with Gasteiger partial charge in [0.05, 0.1) is 0 Å². The average molecular weight is 258 g/mol. The van der Waals surface area contributed by atoms with E-state index in [1.807, 2.05) is 6.07 Å². The predicted molar refractivity (Wildman–Crippen MR) is 62.3 cm³/mol. The van der Waals surface area contributed by atoms with Crippen LogP contribution in [-0.2, 0) is 0 Å². The topological polar surface area (TPSA) is 37.8 Å². The van der Waals surface area contributed by atoms with Crippen molar-refractivity contribution in [1.29, 1.82) is 0 Å². The van der Waals surface area contributed by atoms with E-state index in [0.29, 0.717) is 12.0 Å². The number of nitrogens with one attached hydrogen (secondary N) is 1. The van der Waals surface area contributed by atoms with Gasteiger partial charge in [0.2, 0.25) is 0 Å². The van der Waals surface area contributed by atoms with Gasteiger partial charge in [-0.1, -0.05) is 20.8 Å². The van der Waals surface area contributed by atoms with E-state index in [4.69, 9.17) is 0 Å². The van der Waals surface area contributed by atoms with Crippen LogP contribution in [0, 0.1) is 5.92 Å². The van der Waals surface area contributed by atoms with Gasteiger partial charge in [0.15, 0.2) is 0 Å². The van der Waals surface area contributed by atoms with Crippen molar-refractivity contribution >= 4 is 21.7 Å². The van der Waals surface area contributed by atoms with Gasteiger partial charge in [-0.25, -0.2) is 9.97 Å². The molecule has 4 heteroatoms. The molecule has 1 aromatic rings. The van der Waals surface area contributed by atoms with Gasteiger partial charge >= 0.3 is 0 Å². The van der Waals surface area contributed by atoms with Crippen LogP contribution in [0.25, 0.3) is 0 Å². The Bertz CT molecular complexity index is 288. The highest BCUT2D eigenvalue weighted by molar-refractivity contribution is 9.10. The molecule has 0 radical (unpaired) electrons. The van der Waals surface area contributed by atoms with Crippen molar-refractivity contribution in [2.45, 2.75) is 33.2 Å². The maximum absolute atomic E-state index is 4.16. The molecule has 0 aliphatic heterocycles. The summed E-state index contributed by atoms with van der Waals surface area (Å²) in [4.78, 5) is 8.14. The Labute approximate surface area is 93.5 Å². The van der Waals surface area contributed by atoms with E-state index in [1.165, 1.54) is 0 Å². The van der Waals surface area contributed by atoms with Crippen LogP contribution in [0.2, 0.25) is 0 Å². The number of hydrogen-bond donors (Lipinski definition) is 1. The van der Waals surface area contributed by atoms with E-state index in [0.717, 1.165) is 16.8 Å². The standard InChI is InChI=1S/C10H16BrN3/c1-4-8(7(2)3)14-10-5-9(11)12-6-13-10/h5-8H,4H2,1-3H3,(H,12,13,14). The van der Waals surface area contributed by atoms with Crippen molar-refractivity contribution in [3.63, 3.8) is 0 Å². The number of anilines is 1. The van der Waals surface area contributed by atoms with Gasteiger partial charge in [-0.3, -0.25) is 0 Å². The third-order valence-corrected chi connectivity index (χ3v) is 2.65. The second-order valence-corrected chi connectivity index (χ2v) is 4.44. The fourth-order valence-electron chi connectivity index (χ4n) is 1.34. The summed E-state index contributed by atoms with van der Waals surface area (Å²) in [6.07, 6.45) is 2.65. The molecule has 78 valence electrons. The molecule has 0 bridgehead atoms. The molecule has 0 saturated carbocycles. The number of halogens is 1. The van der Waals surface area contributed by atoms with E-state index in [9.17, 15) is 0 Å². The minimum atomic E-state index is 0.469. The minimum absolute atomic E-state index is 0.469. The lowest BCUT2D eigenvalue weighted by molar-refractivity contribution is 0.509. The zero-order valence-corrected chi connectivity index (χ0v) is 10.4. The van der Waals surface area contributed by atoms with Gasteiger partial charge in [-0.15, -0.1) is 0 Å². The normalized spacial score (nSPS) is 12.9. The summed E-state index contributed by atoms with van der Waals surface area (Å²) >= 11 is 3.32. The lowest BCUT2D eigenvalue weighted by atomic mass is 10.0. The van der Waals surface area contributed by atoms with Gasteiger partial charge in [0.25, 0.3) is 0 Å². The smallest absolute Gasteiger partial charge is 0.130 e. The zero-order valence-electron chi connectivity index (χ0n) is 8.79. The fourth-order valence-corrected chi connectivity index (χ4v) is 1.65. The van der Waals surface area contributed by atoms with E-state index >= 15 is 0 Å². The summed E-state index contributed by atoms with van der Waals surface area (Å²) in [6.45, 7) is 6.59. The number of nitrogens with zero attached hydrogens (tertiary/aromatic N) is 2. The second kappa shape index (κ2) is 5.29. The highest BCUT2D eigenvalue weighted by atomic mass is 79.9. The molecule has 3 nitrogen and oxygen atoms in total. The Hall–Kier alpha value is -0.640. The van der Waals surface area contributed by atoms with Crippen LogP contribution in [0.3, 0.4) is 0 Å². The predicted octanol–water partition coefficient (Wildman–Crippen LogP) is 3.09. The first kappa shape index (κ1) is 11.4. The summed E-state index contributed by atoms with van der Waals surface area (Å²) in [6, 6.07) is 2.36. The van der Waals surface area contributed by atoms with Crippen LogP contribution in [0.15, 0.2) is 17.0 Å². The second-order valence-electron chi connectivity index (χ2n) is 3.63. The van der Waals surface area contributed by atoms with Crippen LogP contribution in [0.4, 0.5) is 5.82 Å². The largest absolute Gasteiger partial charge is 0.367 e. The van der Waals surface area contributed by atoms with Crippen LogP contribution in [0.1, 0.15) is 27.2 Å². The Morgan fingerprint density at radius 1 is 1.43 bits per heavy atom. The molecule has 1 aromatic heterocycles. The molecule has 0 aliphatic rings. The third kappa shape index (κ3) is 3.25. The highest BCUT2D eigenvalue weighted by Crippen LogP contribution is 2.15. The molecule has 0 aromatic carbocycles. The molecule has 0 amide bonds. The summed E-state index contributed by atoms with van der Waals surface area (Å²) in [5, 5.41) is 3.39. The zero-order chi connectivity index (χ0) is 10.6. The Morgan fingerprint density at radius 2 is 2.14 bits per heavy atom. The molecule has 0 fully saturated rings. The maximum atomic E-state index is 4.16. The minimum Gasteiger partial charge on any atom is -0.367 e. The molecule has 1 atom stereocenters. The molecule has 0 spiro atoms. The maximum Gasteiger partial charge on any atom is 0.130 e. The highest BCUT2D eigenvalue weighted by Gasteiger charge is 2.10. The fraction of sp³-hybridized carbons (Fsp3) is 0.600. The molecule has 0 aliphatic carbocycles. The van der Waals surface area contributed by atoms with Gasteiger partial charge < -0.3 is 5.32 Å². The van der Waals surface area contributed by atoms with Gasteiger partial charge in [0.1, 0.15) is 16.7 Å². The van der Waals surface area contributed by atoms with Crippen LogP contribution in [0.5, 0.6) is 0 Å². The molecule has 14 heavy (non-hydrogen) atoms. The molecule has 1 N–H and O–H groups in total. The molecular weight excluding hydrogens is 242 g/mol. The van der Waals surface area contributed by atoms with E-state index in [1.54, 1.807) is 6.33 Å². The first-order chi connectivity index (χ1) is 6.63. The lowest BCUT2D eigenvalue weighted by Gasteiger charge is -2.21. The van der Waals surface area contributed by atoms with Crippen molar-refractivity contribution in [3.8, 4) is 0 Å². The van der Waals surface area contributed by atoms with Crippen LogP contribution in [-0.4, -0.2) is 16.0 Å². The van der Waals surface area contributed by atoms with Gasteiger partial charge in [-0.05, 0) is 28.3 Å². The Morgan fingerprint density at radius 3 is 2.64 bits per heavy atom.